The molecule has 1 amide bonds. The number of ether oxygens (including phenoxy) is 1. The molecule has 1 aliphatic heterocycles. The molecule has 39 heavy (non-hydrogen) atoms. The Kier molecular flexibility index (Phi) is 7.63. The number of amides is 1. The van der Waals surface area contributed by atoms with Gasteiger partial charge in [0.05, 0.1) is 24.3 Å². The van der Waals surface area contributed by atoms with Crippen LogP contribution in [0, 0.1) is 18.3 Å². The summed E-state index contributed by atoms with van der Waals surface area (Å²) < 4.78 is 48.2. The predicted octanol–water partition coefficient (Wildman–Crippen LogP) is 5.54. The second-order valence-corrected chi connectivity index (χ2v) is 10.8. The maximum absolute atomic E-state index is 13.2. The van der Waals surface area contributed by atoms with Crippen molar-refractivity contribution in [3.05, 3.63) is 52.8 Å². The van der Waals surface area contributed by atoms with Crippen LogP contribution in [-0.4, -0.2) is 49.2 Å². The quantitative estimate of drug-likeness (QED) is 0.462. The van der Waals surface area contributed by atoms with E-state index in [-0.39, 0.29) is 30.1 Å². The van der Waals surface area contributed by atoms with Crippen molar-refractivity contribution in [1.29, 1.82) is 5.26 Å². The third-order valence-electron chi connectivity index (χ3n) is 6.67. The molecule has 1 saturated heterocycles. The number of nitriles is 1. The van der Waals surface area contributed by atoms with Crippen LogP contribution in [0.3, 0.4) is 0 Å². The summed E-state index contributed by atoms with van der Waals surface area (Å²) in [5.41, 5.74) is 7.34. The number of aromatic nitrogens is 4. The maximum atomic E-state index is 13.2. The van der Waals surface area contributed by atoms with E-state index in [1.807, 2.05) is 20.8 Å². The number of rotatable bonds is 4. The number of aryl methyl sites for hydroxylation is 1. The van der Waals surface area contributed by atoms with Crippen LogP contribution in [0.2, 0.25) is 0 Å². The van der Waals surface area contributed by atoms with Crippen molar-refractivity contribution in [1.82, 2.24) is 24.5 Å². The lowest BCUT2D eigenvalue weighted by Crippen LogP contribution is -2.37. The minimum absolute atomic E-state index is 0.122. The number of carbonyl (C=O) groups excluding carboxylic acids is 1. The predicted molar refractivity (Wildman–Crippen MR) is 139 cm³/mol. The molecule has 4 rings (SSSR count). The number of nitrogens with zero attached hydrogens (tertiary/aromatic N) is 6. The van der Waals surface area contributed by atoms with Gasteiger partial charge in [-0.15, -0.1) is 0 Å². The lowest BCUT2D eigenvalue weighted by molar-refractivity contribution is -0.137. The number of nitrogens with two attached hydrogens (primary N) is 1. The standard InChI is InChI=1S/C27H32F3N7O2/c1-17-7-8-20(27(28,29)30)12-18(17)15-36-16-19(14-33-36)23-22(13-31)24(32)37(34-23)21-6-5-10-35(11-9-21)25(38)39-26(2,3)4/h7-8,12,14,16,21H,5-6,9-11,15,32H2,1-4H3/t21-/m0/s1. The molecule has 1 aliphatic rings. The molecule has 9 nitrogen and oxygen atoms in total. The Morgan fingerprint density at radius 2 is 1.97 bits per heavy atom. The number of likely N-dealkylation sites (tertiary alicyclic amines) is 1. The van der Waals surface area contributed by atoms with Crippen LogP contribution in [0.5, 0.6) is 0 Å². The van der Waals surface area contributed by atoms with E-state index in [9.17, 15) is 23.2 Å². The van der Waals surface area contributed by atoms with E-state index in [0.29, 0.717) is 54.7 Å². The molecule has 1 fully saturated rings. The molecule has 2 aromatic heterocycles. The number of nitrogen functional groups attached to an aromatic ring is 1. The first-order valence-electron chi connectivity index (χ1n) is 12.7. The summed E-state index contributed by atoms with van der Waals surface area (Å²) in [6.45, 7) is 8.35. The van der Waals surface area contributed by atoms with Crippen molar-refractivity contribution in [3.8, 4) is 17.3 Å². The number of benzene rings is 1. The summed E-state index contributed by atoms with van der Waals surface area (Å²) in [6, 6.07) is 5.62. The molecule has 1 aromatic carbocycles. The van der Waals surface area contributed by atoms with E-state index in [0.717, 1.165) is 12.1 Å². The summed E-state index contributed by atoms with van der Waals surface area (Å²) in [6.07, 6.45) is 0.378. The van der Waals surface area contributed by atoms with Crippen LogP contribution in [0.15, 0.2) is 30.6 Å². The van der Waals surface area contributed by atoms with Crippen molar-refractivity contribution in [2.45, 2.75) is 71.3 Å². The first kappa shape index (κ1) is 28.0. The maximum Gasteiger partial charge on any atom is 0.416 e. The van der Waals surface area contributed by atoms with Crippen molar-refractivity contribution >= 4 is 11.9 Å². The van der Waals surface area contributed by atoms with Gasteiger partial charge in [0, 0.05) is 24.8 Å². The van der Waals surface area contributed by atoms with E-state index in [1.165, 1.54) is 16.9 Å². The van der Waals surface area contributed by atoms with Crippen molar-refractivity contribution in [2.75, 3.05) is 18.8 Å². The average Bonchev–Trinajstić information content (AvgIpc) is 3.33. The van der Waals surface area contributed by atoms with Crippen LogP contribution < -0.4 is 5.73 Å². The monoisotopic (exact) mass is 543 g/mol. The molecule has 0 radical (unpaired) electrons. The largest absolute Gasteiger partial charge is 0.444 e. The summed E-state index contributed by atoms with van der Waals surface area (Å²) in [5, 5.41) is 18.8. The van der Waals surface area contributed by atoms with E-state index in [1.54, 1.807) is 22.7 Å². The van der Waals surface area contributed by atoms with E-state index >= 15 is 0 Å². The SMILES string of the molecule is Cc1ccc(C(F)(F)F)cc1Cn1cc(-c2nn([C@H]3CCCN(C(=O)OC(C)(C)C)CC3)c(N)c2C#N)cn1. The number of carbonyl (C=O) groups is 1. The van der Waals surface area contributed by atoms with Crippen LogP contribution in [0.25, 0.3) is 11.3 Å². The Bertz CT molecular complexity index is 1400. The number of hydrogen-bond donors (Lipinski definition) is 1. The van der Waals surface area contributed by atoms with Gasteiger partial charge in [0.25, 0.3) is 0 Å². The van der Waals surface area contributed by atoms with Gasteiger partial charge < -0.3 is 15.4 Å². The van der Waals surface area contributed by atoms with E-state index < -0.39 is 17.3 Å². The summed E-state index contributed by atoms with van der Waals surface area (Å²) in [5.74, 6) is 0.227. The first-order chi connectivity index (χ1) is 18.3. The Hall–Kier alpha value is -4.01. The fourth-order valence-electron chi connectivity index (χ4n) is 4.64. The van der Waals surface area contributed by atoms with Crippen LogP contribution in [0.4, 0.5) is 23.8 Å². The smallest absolute Gasteiger partial charge is 0.416 e. The van der Waals surface area contributed by atoms with Crippen LogP contribution >= 0.6 is 0 Å². The molecule has 2 N–H and O–H groups in total. The van der Waals surface area contributed by atoms with Gasteiger partial charge in [-0.3, -0.25) is 4.68 Å². The zero-order valence-electron chi connectivity index (χ0n) is 22.4. The van der Waals surface area contributed by atoms with Gasteiger partial charge in [0.15, 0.2) is 0 Å². The second kappa shape index (κ2) is 10.6. The summed E-state index contributed by atoms with van der Waals surface area (Å²) in [7, 11) is 0. The topological polar surface area (TPSA) is 115 Å². The van der Waals surface area contributed by atoms with Gasteiger partial charge >= 0.3 is 12.3 Å². The normalized spacial score (nSPS) is 16.6. The van der Waals surface area contributed by atoms with Crippen molar-refractivity contribution in [3.63, 3.8) is 0 Å². The molecule has 1 atom stereocenters. The third kappa shape index (κ3) is 6.35. The van der Waals surface area contributed by atoms with E-state index in [4.69, 9.17) is 10.5 Å². The molecule has 208 valence electrons. The highest BCUT2D eigenvalue weighted by Crippen LogP contribution is 2.33. The fraction of sp³-hybridized carbons (Fsp3) is 0.481. The van der Waals surface area contributed by atoms with Crippen LogP contribution in [-0.2, 0) is 17.5 Å². The highest BCUT2D eigenvalue weighted by Gasteiger charge is 2.31. The summed E-state index contributed by atoms with van der Waals surface area (Å²) in [4.78, 5) is 14.2. The van der Waals surface area contributed by atoms with Crippen molar-refractivity contribution < 1.29 is 22.7 Å². The van der Waals surface area contributed by atoms with Gasteiger partial charge in [0.1, 0.15) is 28.7 Å². The average molecular weight is 544 g/mol. The molecular formula is C27H32F3N7O2. The first-order valence-corrected chi connectivity index (χ1v) is 12.7. The molecule has 0 unspecified atom stereocenters. The summed E-state index contributed by atoms with van der Waals surface area (Å²) >= 11 is 0. The highest BCUT2D eigenvalue weighted by molar-refractivity contribution is 5.72. The van der Waals surface area contributed by atoms with Crippen molar-refractivity contribution in [2.24, 2.45) is 0 Å². The molecule has 12 heteroatoms. The third-order valence-corrected chi connectivity index (χ3v) is 6.67. The van der Waals surface area contributed by atoms with Gasteiger partial charge in [-0.2, -0.15) is 28.6 Å². The van der Waals surface area contributed by atoms with Gasteiger partial charge in [0.2, 0.25) is 0 Å². The number of alkyl halides is 3. The Morgan fingerprint density at radius 3 is 2.64 bits per heavy atom. The molecule has 3 heterocycles. The minimum Gasteiger partial charge on any atom is -0.444 e. The molecule has 0 bridgehead atoms. The Labute approximate surface area is 224 Å². The minimum atomic E-state index is -4.44. The second-order valence-electron chi connectivity index (χ2n) is 10.8. The number of halogens is 3. The van der Waals surface area contributed by atoms with Crippen LogP contribution in [0.1, 0.15) is 68.3 Å². The molecule has 0 aliphatic carbocycles. The highest BCUT2D eigenvalue weighted by atomic mass is 19.4. The fourth-order valence-corrected chi connectivity index (χ4v) is 4.64. The number of hydrogen-bond acceptors (Lipinski definition) is 6. The van der Waals surface area contributed by atoms with Gasteiger partial charge in [-0.25, -0.2) is 9.48 Å². The Balaban J connectivity index is 1.54. The van der Waals surface area contributed by atoms with Gasteiger partial charge in [-0.05, 0) is 70.2 Å². The molecular weight excluding hydrogens is 511 g/mol. The molecule has 3 aromatic rings. The zero-order valence-corrected chi connectivity index (χ0v) is 22.4. The number of anilines is 1. The molecule has 0 saturated carbocycles. The molecule has 0 spiro atoms. The zero-order chi connectivity index (χ0) is 28.5. The van der Waals surface area contributed by atoms with E-state index in [2.05, 4.69) is 16.3 Å². The van der Waals surface area contributed by atoms with Gasteiger partial charge in [-0.1, -0.05) is 6.07 Å². The lowest BCUT2D eigenvalue weighted by atomic mass is 10.0. The lowest BCUT2D eigenvalue weighted by Gasteiger charge is -2.26. The Morgan fingerprint density at radius 1 is 1.23 bits per heavy atom.